The summed E-state index contributed by atoms with van der Waals surface area (Å²) in [5, 5.41) is 3.22. The molecule has 3 aromatic rings. The van der Waals surface area contributed by atoms with Gasteiger partial charge in [0.25, 0.3) is 0 Å². The average Bonchev–Trinajstić information content (AvgIpc) is 3.50. The van der Waals surface area contributed by atoms with Crippen molar-refractivity contribution in [3.8, 4) is 5.75 Å². The van der Waals surface area contributed by atoms with E-state index in [4.69, 9.17) is 4.74 Å². The molecule has 4 rings (SSSR count). The molecule has 0 bridgehead atoms. The first kappa shape index (κ1) is 32.5. The summed E-state index contributed by atoms with van der Waals surface area (Å²) in [7, 11) is -2.05. The Kier molecular flexibility index (Phi) is 11.6. The Hall–Kier alpha value is -3.37. The van der Waals surface area contributed by atoms with Gasteiger partial charge in [-0.2, -0.15) is 0 Å². The molecule has 0 saturated heterocycles. The van der Waals surface area contributed by atoms with Crippen molar-refractivity contribution in [2.75, 3.05) is 24.2 Å². The lowest BCUT2D eigenvalue weighted by Crippen LogP contribution is -2.52. The number of hydrogen-bond donors (Lipinski definition) is 1. The van der Waals surface area contributed by atoms with Gasteiger partial charge in [-0.1, -0.05) is 71.2 Å². The Balaban J connectivity index is 1.57. The van der Waals surface area contributed by atoms with Crippen LogP contribution >= 0.6 is 15.9 Å². The number of nitrogens with zero attached hydrogens (tertiary/aromatic N) is 2. The molecular weight excluding hydrogens is 630 g/mol. The number of ether oxygens (including phenoxy) is 1. The lowest BCUT2D eigenvalue weighted by atomic mass is 10.0. The van der Waals surface area contributed by atoms with Crippen LogP contribution in [0.2, 0.25) is 0 Å². The number of methoxy groups -OCH3 is 1. The molecule has 1 N–H and O–H groups in total. The van der Waals surface area contributed by atoms with Gasteiger partial charge in [-0.05, 0) is 66.8 Å². The van der Waals surface area contributed by atoms with E-state index in [0.29, 0.717) is 17.9 Å². The van der Waals surface area contributed by atoms with Crippen LogP contribution < -0.4 is 14.4 Å². The number of anilines is 1. The quantitative estimate of drug-likeness (QED) is 0.238. The van der Waals surface area contributed by atoms with Crippen molar-refractivity contribution >= 4 is 43.5 Å². The largest absolute Gasteiger partial charge is 0.497 e. The zero-order valence-corrected chi connectivity index (χ0v) is 27.1. The highest BCUT2D eigenvalue weighted by atomic mass is 79.9. The maximum atomic E-state index is 14.0. The highest BCUT2D eigenvalue weighted by molar-refractivity contribution is 9.10. The number of carbonyl (C=O) groups is 2. The molecular formula is C33H40BrN3O5S. The highest BCUT2D eigenvalue weighted by Gasteiger charge is 2.32. The molecule has 0 spiro atoms. The van der Waals surface area contributed by atoms with Gasteiger partial charge < -0.3 is 15.0 Å². The maximum absolute atomic E-state index is 14.0. The van der Waals surface area contributed by atoms with Gasteiger partial charge in [0, 0.05) is 36.4 Å². The van der Waals surface area contributed by atoms with E-state index in [0.717, 1.165) is 47.5 Å². The first-order valence-electron chi connectivity index (χ1n) is 14.6. The predicted octanol–water partition coefficient (Wildman–Crippen LogP) is 5.70. The summed E-state index contributed by atoms with van der Waals surface area (Å²) in [5.41, 5.74) is 2.36. The van der Waals surface area contributed by atoms with E-state index in [-0.39, 0.29) is 43.8 Å². The summed E-state index contributed by atoms with van der Waals surface area (Å²) in [6.45, 7) is 0.376. The van der Waals surface area contributed by atoms with Crippen LogP contribution in [0.1, 0.15) is 49.7 Å². The second-order valence-electron chi connectivity index (χ2n) is 11.0. The normalized spacial score (nSPS) is 14.2. The number of amides is 2. The number of carbonyl (C=O) groups excluding carboxylic acids is 2. The fourth-order valence-electron chi connectivity index (χ4n) is 5.51. The van der Waals surface area contributed by atoms with E-state index in [9.17, 15) is 18.0 Å². The second kappa shape index (κ2) is 15.4. The monoisotopic (exact) mass is 669 g/mol. The summed E-state index contributed by atoms with van der Waals surface area (Å²) in [5.74, 6) is 0.261. The molecule has 1 aliphatic rings. The first-order valence-corrected chi connectivity index (χ1v) is 17.3. The average molecular weight is 671 g/mol. The maximum Gasteiger partial charge on any atom is 0.243 e. The Morgan fingerprint density at radius 2 is 1.65 bits per heavy atom. The summed E-state index contributed by atoms with van der Waals surface area (Å²) in [6.07, 6.45) is 5.95. The van der Waals surface area contributed by atoms with Crippen LogP contribution in [0.4, 0.5) is 5.69 Å². The van der Waals surface area contributed by atoms with Crippen LogP contribution in [0.15, 0.2) is 83.3 Å². The third-order valence-electron chi connectivity index (χ3n) is 7.73. The third-order valence-corrected chi connectivity index (χ3v) is 9.41. The van der Waals surface area contributed by atoms with E-state index in [1.165, 1.54) is 4.31 Å². The number of sulfonamides is 1. The van der Waals surface area contributed by atoms with Gasteiger partial charge in [0.2, 0.25) is 21.8 Å². The lowest BCUT2D eigenvalue weighted by molar-refractivity contribution is -0.141. The zero-order chi connectivity index (χ0) is 30.8. The van der Waals surface area contributed by atoms with E-state index in [1.54, 1.807) is 36.3 Å². The van der Waals surface area contributed by atoms with Gasteiger partial charge in [-0.3, -0.25) is 13.9 Å². The van der Waals surface area contributed by atoms with Crippen LogP contribution in [-0.4, -0.2) is 57.1 Å². The smallest absolute Gasteiger partial charge is 0.243 e. The standard InChI is InChI=1S/C33H40BrN3O5S/c1-42-30-19-17-29(18-20-30)37(43(2,40)41)21-9-16-32(38)36(24-26-12-8-13-27(34)22-26)31(23-25-10-4-3-5-11-25)33(39)35-28-14-6-7-15-28/h3-5,8,10-13,17-20,22,28,31H,6-7,9,14-16,21,23-24H2,1-2H3,(H,35,39)/t31-/m1/s1. The Bertz CT molecular complexity index is 1460. The van der Waals surface area contributed by atoms with E-state index >= 15 is 0 Å². The van der Waals surface area contributed by atoms with Crippen molar-refractivity contribution in [1.29, 1.82) is 0 Å². The molecule has 0 unspecified atom stereocenters. The Morgan fingerprint density at radius 3 is 2.28 bits per heavy atom. The molecule has 230 valence electrons. The second-order valence-corrected chi connectivity index (χ2v) is 13.8. The van der Waals surface area contributed by atoms with E-state index < -0.39 is 16.1 Å². The zero-order valence-electron chi connectivity index (χ0n) is 24.7. The third kappa shape index (κ3) is 9.56. The highest BCUT2D eigenvalue weighted by Crippen LogP contribution is 2.24. The molecule has 0 aliphatic heterocycles. The number of hydrogen-bond acceptors (Lipinski definition) is 5. The number of halogens is 1. The van der Waals surface area contributed by atoms with Gasteiger partial charge in [-0.15, -0.1) is 0 Å². The number of nitrogens with one attached hydrogen (secondary N) is 1. The van der Waals surface area contributed by atoms with Crippen LogP contribution in [0.25, 0.3) is 0 Å². The minimum Gasteiger partial charge on any atom is -0.497 e. The Morgan fingerprint density at radius 1 is 0.977 bits per heavy atom. The molecule has 0 radical (unpaired) electrons. The Labute approximate surface area is 263 Å². The molecule has 1 atom stereocenters. The molecule has 1 aliphatic carbocycles. The van der Waals surface area contributed by atoms with Crippen LogP contribution in [0.5, 0.6) is 5.75 Å². The molecule has 0 aromatic heterocycles. The fraction of sp³-hybridized carbons (Fsp3) is 0.394. The van der Waals surface area contributed by atoms with Crippen molar-refractivity contribution in [3.05, 3.63) is 94.5 Å². The summed E-state index contributed by atoms with van der Waals surface area (Å²) in [4.78, 5) is 29.5. The summed E-state index contributed by atoms with van der Waals surface area (Å²) in [6, 6.07) is 23.6. The molecule has 2 amide bonds. The van der Waals surface area contributed by atoms with Crippen molar-refractivity contribution in [3.63, 3.8) is 0 Å². The molecule has 1 saturated carbocycles. The van der Waals surface area contributed by atoms with Gasteiger partial charge in [0.15, 0.2) is 0 Å². The van der Waals surface area contributed by atoms with E-state index in [1.807, 2.05) is 54.6 Å². The van der Waals surface area contributed by atoms with Crippen molar-refractivity contribution in [2.24, 2.45) is 0 Å². The minimum atomic E-state index is -3.59. The fourth-order valence-corrected chi connectivity index (χ4v) is 6.92. The molecule has 8 nitrogen and oxygen atoms in total. The molecule has 0 heterocycles. The SMILES string of the molecule is COc1ccc(N(CCCC(=O)N(Cc2cccc(Br)c2)[C@H](Cc2ccccc2)C(=O)NC2CCCC2)S(C)(=O)=O)cc1. The van der Waals surface area contributed by atoms with Crippen LogP contribution in [0, 0.1) is 0 Å². The predicted molar refractivity (Wildman–Crippen MR) is 173 cm³/mol. The van der Waals surface area contributed by atoms with Gasteiger partial charge in [-0.25, -0.2) is 8.42 Å². The van der Waals surface area contributed by atoms with Crippen molar-refractivity contribution in [1.82, 2.24) is 10.2 Å². The first-order chi connectivity index (χ1) is 20.6. The van der Waals surface area contributed by atoms with E-state index in [2.05, 4.69) is 21.2 Å². The van der Waals surface area contributed by atoms with Crippen molar-refractivity contribution in [2.45, 2.75) is 63.6 Å². The van der Waals surface area contributed by atoms with Gasteiger partial charge in [0.1, 0.15) is 11.8 Å². The summed E-state index contributed by atoms with van der Waals surface area (Å²) < 4.78 is 32.7. The summed E-state index contributed by atoms with van der Waals surface area (Å²) >= 11 is 3.52. The molecule has 43 heavy (non-hydrogen) atoms. The minimum absolute atomic E-state index is 0.0815. The van der Waals surface area contributed by atoms with Crippen molar-refractivity contribution < 1.29 is 22.7 Å². The lowest BCUT2D eigenvalue weighted by Gasteiger charge is -2.33. The van der Waals surface area contributed by atoms with Crippen LogP contribution in [-0.2, 0) is 32.6 Å². The molecule has 10 heteroatoms. The van der Waals surface area contributed by atoms with Gasteiger partial charge in [0.05, 0.1) is 19.1 Å². The molecule has 3 aromatic carbocycles. The number of rotatable bonds is 14. The number of benzene rings is 3. The topological polar surface area (TPSA) is 96.0 Å². The van der Waals surface area contributed by atoms with Crippen LogP contribution in [0.3, 0.4) is 0 Å². The van der Waals surface area contributed by atoms with Gasteiger partial charge >= 0.3 is 0 Å². The molecule has 1 fully saturated rings.